The summed E-state index contributed by atoms with van der Waals surface area (Å²) in [6, 6.07) is 5.77. The summed E-state index contributed by atoms with van der Waals surface area (Å²) in [5, 5.41) is 8.90. The Hall–Kier alpha value is -1.62. The minimum absolute atomic E-state index is 0.131. The number of ketones is 1. The van der Waals surface area contributed by atoms with Gasteiger partial charge in [-0.1, -0.05) is 6.07 Å². The quantitative estimate of drug-likeness (QED) is 0.622. The van der Waals surface area contributed by atoms with E-state index in [9.17, 15) is 4.79 Å². The lowest BCUT2D eigenvalue weighted by Crippen LogP contribution is -2.14. The predicted molar refractivity (Wildman–Crippen MR) is 53.2 cm³/mol. The first-order valence-corrected chi connectivity index (χ1v) is 4.80. The third-order valence-electron chi connectivity index (χ3n) is 2.78. The van der Waals surface area contributed by atoms with Gasteiger partial charge in [0.25, 0.3) is 0 Å². The van der Waals surface area contributed by atoms with Gasteiger partial charge in [-0.3, -0.25) is 4.79 Å². The van der Waals surface area contributed by atoms with Crippen LogP contribution in [0.5, 0.6) is 0 Å². The monoisotopic (exact) mass is 185 g/mol. The molecule has 1 aliphatic carbocycles. The van der Waals surface area contributed by atoms with Crippen LogP contribution < -0.4 is 0 Å². The third kappa shape index (κ3) is 1.22. The summed E-state index contributed by atoms with van der Waals surface area (Å²) in [4.78, 5) is 11.7. The molecule has 0 atom stereocenters. The van der Waals surface area contributed by atoms with Crippen molar-refractivity contribution in [1.82, 2.24) is 0 Å². The molecule has 1 aromatic carbocycles. The zero-order valence-corrected chi connectivity index (χ0v) is 8.13. The van der Waals surface area contributed by atoms with Crippen LogP contribution >= 0.6 is 0 Å². The number of nitriles is 1. The summed E-state index contributed by atoms with van der Waals surface area (Å²) in [6.07, 6.45) is 2.44. The zero-order chi connectivity index (χ0) is 10.1. The van der Waals surface area contributed by atoms with E-state index in [0.29, 0.717) is 17.5 Å². The Bertz CT molecular complexity index is 440. The van der Waals surface area contributed by atoms with Crippen molar-refractivity contribution in [2.45, 2.75) is 26.2 Å². The molecule has 14 heavy (non-hydrogen) atoms. The van der Waals surface area contributed by atoms with E-state index in [1.807, 2.05) is 13.0 Å². The van der Waals surface area contributed by atoms with Crippen molar-refractivity contribution in [3.05, 3.63) is 34.4 Å². The Labute approximate surface area is 83.2 Å². The third-order valence-corrected chi connectivity index (χ3v) is 2.78. The maximum absolute atomic E-state index is 11.7. The number of carbonyl (C=O) groups is 1. The van der Waals surface area contributed by atoms with Crippen molar-refractivity contribution in [3.8, 4) is 6.07 Å². The molecule has 2 rings (SSSR count). The normalized spacial score (nSPS) is 14.7. The number of hydrogen-bond acceptors (Lipinski definition) is 2. The minimum atomic E-state index is 0.131. The molecule has 0 spiro atoms. The van der Waals surface area contributed by atoms with Crippen LogP contribution in [0.2, 0.25) is 0 Å². The van der Waals surface area contributed by atoms with Crippen LogP contribution in [-0.2, 0) is 6.42 Å². The van der Waals surface area contributed by atoms with Crippen molar-refractivity contribution < 1.29 is 4.79 Å². The van der Waals surface area contributed by atoms with E-state index in [4.69, 9.17) is 5.26 Å². The Morgan fingerprint density at radius 1 is 1.36 bits per heavy atom. The van der Waals surface area contributed by atoms with E-state index >= 15 is 0 Å². The molecule has 0 saturated heterocycles. The topological polar surface area (TPSA) is 40.9 Å². The van der Waals surface area contributed by atoms with Gasteiger partial charge in [0.15, 0.2) is 5.78 Å². The molecule has 70 valence electrons. The van der Waals surface area contributed by atoms with Crippen molar-refractivity contribution in [2.24, 2.45) is 0 Å². The van der Waals surface area contributed by atoms with Gasteiger partial charge in [-0.15, -0.1) is 0 Å². The van der Waals surface area contributed by atoms with Gasteiger partial charge in [0.2, 0.25) is 0 Å². The fourth-order valence-corrected chi connectivity index (χ4v) is 2.04. The van der Waals surface area contributed by atoms with E-state index in [2.05, 4.69) is 6.07 Å². The molecular formula is C12H11NO. The highest BCUT2D eigenvalue weighted by Gasteiger charge is 2.21. The summed E-state index contributed by atoms with van der Waals surface area (Å²) in [5.41, 5.74) is 3.43. The number of fused-ring (bicyclic) bond motifs is 1. The van der Waals surface area contributed by atoms with Gasteiger partial charge < -0.3 is 0 Å². The maximum Gasteiger partial charge on any atom is 0.164 e. The van der Waals surface area contributed by atoms with Gasteiger partial charge in [0, 0.05) is 12.0 Å². The number of carbonyl (C=O) groups excluding carboxylic acids is 1. The molecule has 1 aromatic rings. The number of rotatable bonds is 0. The Morgan fingerprint density at radius 3 is 2.86 bits per heavy atom. The number of Topliss-reactive ketones (excluding diaryl/α,β-unsaturated/α-hetero) is 1. The van der Waals surface area contributed by atoms with Crippen molar-refractivity contribution in [2.75, 3.05) is 0 Å². The van der Waals surface area contributed by atoms with Crippen LogP contribution in [0.25, 0.3) is 0 Å². The number of benzene rings is 1. The van der Waals surface area contributed by atoms with Crippen LogP contribution in [0.3, 0.4) is 0 Å². The smallest absolute Gasteiger partial charge is 0.164 e. The van der Waals surface area contributed by atoms with Gasteiger partial charge in [0.05, 0.1) is 11.6 Å². The molecule has 2 heteroatoms. The van der Waals surface area contributed by atoms with Crippen molar-refractivity contribution in [1.29, 1.82) is 5.26 Å². The molecule has 0 heterocycles. The van der Waals surface area contributed by atoms with Gasteiger partial charge >= 0.3 is 0 Å². The highest BCUT2D eigenvalue weighted by molar-refractivity contribution is 6.01. The number of aryl methyl sites for hydroxylation is 1. The Kier molecular flexibility index (Phi) is 2.09. The minimum Gasteiger partial charge on any atom is -0.294 e. The number of nitrogens with zero attached hydrogens (tertiary/aromatic N) is 1. The summed E-state index contributed by atoms with van der Waals surface area (Å²) in [5.74, 6) is 0.131. The van der Waals surface area contributed by atoms with Crippen molar-refractivity contribution >= 4 is 5.78 Å². The van der Waals surface area contributed by atoms with E-state index in [0.717, 1.165) is 24.0 Å². The summed E-state index contributed by atoms with van der Waals surface area (Å²) < 4.78 is 0. The summed E-state index contributed by atoms with van der Waals surface area (Å²) in [6.45, 7) is 2.00. The Balaban J connectivity index is 2.72. The zero-order valence-electron chi connectivity index (χ0n) is 8.13. The average molecular weight is 185 g/mol. The van der Waals surface area contributed by atoms with Crippen molar-refractivity contribution in [3.63, 3.8) is 0 Å². The molecule has 0 aromatic heterocycles. The van der Waals surface area contributed by atoms with Crippen LogP contribution in [0.4, 0.5) is 0 Å². The molecule has 0 saturated carbocycles. The molecule has 0 fully saturated rings. The molecule has 1 aliphatic rings. The molecule has 2 nitrogen and oxygen atoms in total. The van der Waals surface area contributed by atoms with E-state index < -0.39 is 0 Å². The van der Waals surface area contributed by atoms with Crippen LogP contribution in [0, 0.1) is 18.3 Å². The van der Waals surface area contributed by atoms with E-state index in [1.165, 1.54) is 0 Å². The average Bonchev–Trinajstić information content (AvgIpc) is 2.20. The molecule has 0 aliphatic heterocycles. The van der Waals surface area contributed by atoms with Gasteiger partial charge in [0.1, 0.15) is 0 Å². The largest absolute Gasteiger partial charge is 0.294 e. The first kappa shape index (κ1) is 8.96. The fourth-order valence-electron chi connectivity index (χ4n) is 2.04. The number of hydrogen-bond donors (Lipinski definition) is 0. The van der Waals surface area contributed by atoms with E-state index in [1.54, 1.807) is 6.07 Å². The molecule has 0 radical (unpaired) electrons. The van der Waals surface area contributed by atoms with E-state index in [-0.39, 0.29) is 5.78 Å². The fraction of sp³-hybridized carbons (Fsp3) is 0.333. The Morgan fingerprint density at radius 2 is 2.14 bits per heavy atom. The molecule has 0 amide bonds. The van der Waals surface area contributed by atoms with Gasteiger partial charge in [-0.25, -0.2) is 0 Å². The highest BCUT2D eigenvalue weighted by Crippen LogP contribution is 2.26. The first-order valence-electron chi connectivity index (χ1n) is 4.80. The lowest BCUT2D eigenvalue weighted by molar-refractivity contribution is 0.0972. The summed E-state index contributed by atoms with van der Waals surface area (Å²) in [7, 11) is 0. The highest BCUT2D eigenvalue weighted by atomic mass is 16.1. The van der Waals surface area contributed by atoms with Gasteiger partial charge in [-0.2, -0.15) is 5.26 Å². The first-order chi connectivity index (χ1) is 6.74. The second-order valence-corrected chi connectivity index (χ2v) is 3.67. The summed E-state index contributed by atoms with van der Waals surface area (Å²) >= 11 is 0. The molecular weight excluding hydrogens is 174 g/mol. The predicted octanol–water partition coefficient (Wildman–Crippen LogP) is 2.39. The lowest BCUT2D eigenvalue weighted by atomic mass is 9.85. The SMILES string of the molecule is Cc1ccc(C#N)c2c1CCCC2=O. The lowest BCUT2D eigenvalue weighted by Gasteiger charge is -2.17. The molecule has 0 N–H and O–H groups in total. The molecule has 0 bridgehead atoms. The second kappa shape index (κ2) is 3.26. The second-order valence-electron chi connectivity index (χ2n) is 3.67. The maximum atomic E-state index is 11.7. The molecule has 0 unspecified atom stereocenters. The van der Waals surface area contributed by atoms with Crippen LogP contribution in [0.1, 0.15) is 39.9 Å². The van der Waals surface area contributed by atoms with Gasteiger partial charge in [-0.05, 0) is 37.0 Å². The van der Waals surface area contributed by atoms with Crippen LogP contribution in [-0.4, -0.2) is 5.78 Å². The van der Waals surface area contributed by atoms with Crippen LogP contribution in [0.15, 0.2) is 12.1 Å². The standard InChI is InChI=1S/C12H11NO/c1-8-5-6-9(7-13)12-10(8)3-2-4-11(12)14/h5-6H,2-4H2,1H3.